The van der Waals surface area contributed by atoms with Crippen molar-refractivity contribution >= 4 is 23.5 Å². The number of rotatable bonds is 6. The Morgan fingerprint density at radius 1 is 1.26 bits per heavy atom. The number of fused-ring (bicyclic) bond motifs is 2. The number of hydrogen-bond donors (Lipinski definition) is 2. The number of benzene rings is 1. The number of hydrogen-bond acceptors (Lipinski definition) is 9. The first-order valence-corrected chi connectivity index (χ1v) is 16.1. The molecule has 1 amide bonds. The van der Waals surface area contributed by atoms with Crippen molar-refractivity contribution in [2.45, 2.75) is 79.7 Å². The second kappa shape index (κ2) is 12.3. The normalized spacial score (nSPS) is 35.5. The molecule has 9 nitrogen and oxygen atoms in total. The van der Waals surface area contributed by atoms with Gasteiger partial charge in [-0.1, -0.05) is 12.6 Å². The van der Waals surface area contributed by atoms with Crippen molar-refractivity contribution in [3.05, 3.63) is 47.8 Å². The molecule has 226 valence electrons. The number of carbonyl (C=O) groups excluding carboxylic acids is 2. The van der Waals surface area contributed by atoms with Crippen molar-refractivity contribution < 1.29 is 18.7 Å². The van der Waals surface area contributed by atoms with Crippen molar-refractivity contribution in [2.24, 2.45) is 5.92 Å². The Labute approximate surface area is 251 Å². The predicted octanol–water partition coefficient (Wildman–Crippen LogP) is 2.23. The van der Waals surface area contributed by atoms with E-state index < -0.39 is 17.1 Å². The number of nitriles is 1. The van der Waals surface area contributed by atoms with Gasteiger partial charge in [0, 0.05) is 37.3 Å². The van der Waals surface area contributed by atoms with Crippen LogP contribution in [0.25, 0.3) is 0 Å². The van der Waals surface area contributed by atoms with Gasteiger partial charge in [0.1, 0.15) is 5.82 Å². The monoisotopic (exact) mass is 596 g/mol. The molecule has 6 rings (SSSR count). The number of ketones is 1. The quantitative estimate of drug-likeness (QED) is 0.479. The maximum atomic E-state index is 14.5. The molecule has 0 bridgehead atoms. The Kier molecular flexibility index (Phi) is 8.74. The smallest absolute Gasteiger partial charge is 0.246 e. The zero-order valence-electron chi connectivity index (χ0n) is 24.3. The molecule has 1 aromatic rings. The van der Waals surface area contributed by atoms with Crippen molar-refractivity contribution in [3.63, 3.8) is 0 Å². The summed E-state index contributed by atoms with van der Waals surface area (Å²) < 4.78 is 20.0. The number of nitrogens with one attached hydrogen (secondary N) is 2. The van der Waals surface area contributed by atoms with Gasteiger partial charge in [-0.2, -0.15) is 5.26 Å². The van der Waals surface area contributed by atoms with Crippen LogP contribution in [0.1, 0.15) is 43.2 Å². The Balaban J connectivity index is 1.24. The third-order valence-electron chi connectivity index (χ3n) is 10.1. The van der Waals surface area contributed by atoms with E-state index in [0.29, 0.717) is 44.5 Å². The van der Waals surface area contributed by atoms with Crippen LogP contribution in [0.2, 0.25) is 0 Å². The van der Waals surface area contributed by atoms with Crippen LogP contribution in [0.5, 0.6) is 0 Å². The van der Waals surface area contributed by atoms with Gasteiger partial charge >= 0.3 is 0 Å². The first-order valence-electron chi connectivity index (χ1n) is 15.2. The highest BCUT2D eigenvalue weighted by Crippen LogP contribution is 2.48. The van der Waals surface area contributed by atoms with Gasteiger partial charge in [-0.25, -0.2) is 4.39 Å². The molecular formula is C31H41FN6O3S. The lowest BCUT2D eigenvalue weighted by atomic mass is 9.71. The van der Waals surface area contributed by atoms with Crippen molar-refractivity contribution in [2.75, 3.05) is 39.8 Å². The summed E-state index contributed by atoms with van der Waals surface area (Å²) in [5.41, 5.74) is 2.04. The number of thioether (sulfide) groups is 1. The number of likely N-dealkylation sites (tertiary alicyclic amines) is 1. The van der Waals surface area contributed by atoms with Crippen LogP contribution < -0.4 is 10.6 Å². The minimum atomic E-state index is -0.592. The number of halogens is 1. The number of Topliss-reactive ketones (excluding diaryl/α,β-unsaturated/α-hetero) is 1. The first kappa shape index (κ1) is 29.7. The molecule has 7 atom stereocenters. The van der Waals surface area contributed by atoms with Crippen LogP contribution in [-0.2, 0) is 26.5 Å². The lowest BCUT2D eigenvalue weighted by molar-refractivity contribution is -0.145. The molecule has 4 aliphatic heterocycles. The maximum Gasteiger partial charge on any atom is 0.246 e. The van der Waals surface area contributed by atoms with Crippen LogP contribution in [0.15, 0.2) is 30.9 Å². The number of ether oxygens (including phenoxy) is 1. The fourth-order valence-electron chi connectivity index (χ4n) is 7.68. The molecule has 5 aliphatic rings. The van der Waals surface area contributed by atoms with Gasteiger partial charge in [-0.3, -0.25) is 25.1 Å². The molecule has 11 heteroatoms. The van der Waals surface area contributed by atoms with E-state index in [4.69, 9.17) is 4.74 Å². The SMILES string of the molecule is C=CC(=O)N1CCN(C2NC(OCC3CCCN3C)NC3C(=O)[C@]4(CCC32)Cc2cc(F)ccc2CS4)CC1CC#N. The average molecular weight is 597 g/mol. The molecule has 42 heavy (non-hydrogen) atoms. The molecular weight excluding hydrogens is 555 g/mol. The second-order valence-electron chi connectivity index (χ2n) is 12.4. The van der Waals surface area contributed by atoms with Gasteiger partial charge in [0.05, 0.1) is 42.1 Å². The third kappa shape index (κ3) is 5.65. The van der Waals surface area contributed by atoms with Gasteiger partial charge < -0.3 is 14.5 Å². The van der Waals surface area contributed by atoms with Crippen LogP contribution in [0, 0.1) is 23.1 Å². The van der Waals surface area contributed by atoms with Gasteiger partial charge in [0.2, 0.25) is 5.91 Å². The average Bonchev–Trinajstić information content (AvgIpc) is 3.41. The minimum absolute atomic E-state index is 0.00368. The largest absolute Gasteiger partial charge is 0.348 e. The second-order valence-corrected chi connectivity index (χ2v) is 13.8. The van der Waals surface area contributed by atoms with E-state index in [1.54, 1.807) is 22.7 Å². The summed E-state index contributed by atoms with van der Waals surface area (Å²) in [6.45, 7) is 6.91. The number of likely N-dealkylation sites (N-methyl/N-ethyl adjacent to an activating group) is 1. The van der Waals surface area contributed by atoms with Crippen LogP contribution >= 0.6 is 11.8 Å². The molecule has 1 spiro atoms. The molecule has 1 saturated carbocycles. The molecule has 4 fully saturated rings. The minimum Gasteiger partial charge on any atom is -0.348 e. The molecule has 3 saturated heterocycles. The van der Waals surface area contributed by atoms with Gasteiger partial charge in [0.25, 0.3) is 0 Å². The molecule has 4 heterocycles. The molecule has 2 N–H and O–H groups in total. The summed E-state index contributed by atoms with van der Waals surface area (Å²) in [6.07, 6.45) is 5.21. The fraction of sp³-hybridized carbons (Fsp3) is 0.645. The zero-order chi connectivity index (χ0) is 29.4. The summed E-state index contributed by atoms with van der Waals surface area (Å²) >= 11 is 1.70. The molecule has 1 aromatic carbocycles. The topological polar surface area (TPSA) is 101 Å². The van der Waals surface area contributed by atoms with E-state index in [1.165, 1.54) is 12.1 Å². The molecule has 0 aromatic heterocycles. The van der Waals surface area contributed by atoms with Crippen LogP contribution in [-0.4, -0.2) is 102 Å². The summed E-state index contributed by atoms with van der Waals surface area (Å²) in [4.78, 5) is 33.4. The maximum absolute atomic E-state index is 14.5. The van der Waals surface area contributed by atoms with E-state index in [0.717, 1.165) is 43.4 Å². The van der Waals surface area contributed by atoms with Crippen molar-refractivity contribution in [3.8, 4) is 6.07 Å². The zero-order valence-corrected chi connectivity index (χ0v) is 25.1. The first-order chi connectivity index (χ1) is 20.3. The standard InChI is InChI=1S/C31H41FN6O3S/c1-3-26(39)38-14-13-37(17-23(38)9-11-33)29-25-8-10-31(16-21-15-22(32)7-6-20(21)19-42-31)28(40)27(25)34-30(35-29)41-18-24-5-4-12-36(24)2/h3,6-7,15,23-25,27,29-30,34-35H,1,4-5,8-10,12-14,16-19H2,2H3/t23?,24?,25?,27?,29?,30?,31-/m0/s1. The molecule has 1 aliphatic carbocycles. The van der Waals surface area contributed by atoms with Crippen LogP contribution in [0.4, 0.5) is 4.39 Å². The van der Waals surface area contributed by atoms with Crippen LogP contribution in [0.3, 0.4) is 0 Å². The third-order valence-corrected chi connectivity index (χ3v) is 11.6. The number of piperazine rings is 1. The number of carbonyl (C=O) groups is 2. The lowest BCUT2D eigenvalue weighted by Gasteiger charge is -2.55. The van der Waals surface area contributed by atoms with Crippen molar-refractivity contribution in [1.82, 2.24) is 25.3 Å². The van der Waals surface area contributed by atoms with Crippen molar-refractivity contribution in [1.29, 1.82) is 5.26 Å². The summed E-state index contributed by atoms with van der Waals surface area (Å²) in [5.74, 6) is 0.447. The van der Waals surface area contributed by atoms with Gasteiger partial charge in [0.15, 0.2) is 12.1 Å². The van der Waals surface area contributed by atoms with E-state index in [-0.39, 0.29) is 42.1 Å². The van der Waals surface area contributed by atoms with Gasteiger partial charge in [-0.05, 0) is 75.0 Å². The number of nitrogens with zero attached hydrogens (tertiary/aromatic N) is 4. The molecule has 6 unspecified atom stereocenters. The predicted molar refractivity (Wildman–Crippen MR) is 159 cm³/mol. The van der Waals surface area contributed by atoms with E-state index >= 15 is 0 Å². The highest BCUT2D eigenvalue weighted by molar-refractivity contribution is 8.00. The number of amides is 1. The van der Waals surface area contributed by atoms with E-state index in [2.05, 4.69) is 40.1 Å². The summed E-state index contributed by atoms with van der Waals surface area (Å²) in [6, 6.07) is 6.87. The highest BCUT2D eigenvalue weighted by atomic mass is 32.2. The summed E-state index contributed by atoms with van der Waals surface area (Å²) in [7, 11) is 2.12. The van der Waals surface area contributed by atoms with Gasteiger partial charge in [-0.15, -0.1) is 11.8 Å². The molecule has 0 radical (unpaired) electrons. The lowest BCUT2D eigenvalue weighted by Crippen LogP contribution is -2.75. The summed E-state index contributed by atoms with van der Waals surface area (Å²) in [5, 5.41) is 16.7. The Morgan fingerprint density at radius 3 is 2.88 bits per heavy atom. The Hall–Kier alpha value is -2.33. The van der Waals surface area contributed by atoms with E-state index in [1.807, 2.05) is 6.07 Å². The fourth-order valence-corrected chi connectivity index (χ4v) is 9.18. The highest BCUT2D eigenvalue weighted by Gasteiger charge is 2.55. The Morgan fingerprint density at radius 2 is 2.12 bits per heavy atom. The Bertz CT molecular complexity index is 1260. The van der Waals surface area contributed by atoms with E-state index in [9.17, 15) is 19.2 Å².